The Balaban J connectivity index is 1.79. The van der Waals surface area contributed by atoms with Crippen LogP contribution in [-0.4, -0.2) is 27.9 Å². The van der Waals surface area contributed by atoms with E-state index in [1.165, 1.54) is 16.7 Å². The van der Waals surface area contributed by atoms with Gasteiger partial charge in [0.05, 0.1) is 21.3 Å². The molecule has 0 aromatic heterocycles. The first-order chi connectivity index (χ1) is 12.2. The van der Waals surface area contributed by atoms with Crippen molar-refractivity contribution in [3.05, 3.63) is 53.1 Å². The van der Waals surface area contributed by atoms with Crippen LogP contribution in [0.1, 0.15) is 42.0 Å². The molecule has 2 atom stereocenters. The highest BCUT2D eigenvalue weighted by atomic mass is 16.5. The number of rotatable bonds is 7. The van der Waals surface area contributed by atoms with Gasteiger partial charge in [0.25, 0.3) is 0 Å². The molecule has 134 valence electrons. The molecule has 0 radical (unpaired) electrons. The minimum absolute atomic E-state index is 0.326. The smallest absolute Gasteiger partial charge is 0.203 e. The standard InChI is InChI=1S/C21H27NO3/c1-14(15-8-6-5-7-9-15)22-13-16-10-11-17-18(16)12-19(23-2)21(25-4)20(17)24-3/h5-9,12,14,16,22H,10-11,13H2,1-4H3/t14-,16+/m0/s1. The van der Waals surface area contributed by atoms with Crippen LogP contribution in [0.4, 0.5) is 0 Å². The van der Waals surface area contributed by atoms with Gasteiger partial charge in [-0.25, -0.2) is 0 Å². The predicted octanol–water partition coefficient (Wildman–Crippen LogP) is 4.09. The van der Waals surface area contributed by atoms with E-state index >= 15 is 0 Å². The summed E-state index contributed by atoms with van der Waals surface area (Å²) in [5.41, 5.74) is 3.87. The molecule has 0 saturated carbocycles. The van der Waals surface area contributed by atoms with Gasteiger partial charge in [0.2, 0.25) is 5.75 Å². The molecule has 2 aromatic rings. The lowest BCUT2D eigenvalue weighted by Crippen LogP contribution is -2.23. The van der Waals surface area contributed by atoms with Crippen LogP contribution in [0.25, 0.3) is 0 Å². The number of methoxy groups -OCH3 is 3. The average molecular weight is 341 g/mol. The van der Waals surface area contributed by atoms with Crippen LogP contribution in [0.15, 0.2) is 36.4 Å². The van der Waals surface area contributed by atoms with Crippen LogP contribution >= 0.6 is 0 Å². The van der Waals surface area contributed by atoms with Crippen LogP contribution in [0.2, 0.25) is 0 Å². The van der Waals surface area contributed by atoms with Crippen molar-refractivity contribution in [2.45, 2.75) is 31.7 Å². The molecule has 0 heterocycles. The van der Waals surface area contributed by atoms with E-state index < -0.39 is 0 Å². The zero-order chi connectivity index (χ0) is 17.8. The van der Waals surface area contributed by atoms with Crippen molar-refractivity contribution in [1.82, 2.24) is 5.32 Å². The summed E-state index contributed by atoms with van der Waals surface area (Å²) in [5.74, 6) is 2.70. The number of ether oxygens (including phenoxy) is 3. The van der Waals surface area contributed by atoms with Gasteiger partial charge in [0.1, 0.15) is 0 Å². The molecule has 0 unspecified atom stereocenters. The van der Waals surface area contributed by atoms with Crippen LogP contribution in [0.3, 0.4) is 0 Å². The summed E-state index contributed by atoms with van der Waals surface area (Å²) in [6, 6.07) is 13.0. The van der Waals surface area contributed by atoms with E-state index in [1.807, 2.05) is 0 Å². The fraction of sp³-hybridized carbons (Fsp3) is 0.429. The minimum atomic E-state index is 0.326. The van der Waals surface area contributed by atoms with E-state index in [-0.39, 0.29) is 0 Å². The first-order valence-electron chi connectivity index (χ1n) is 8.79. The van der Waals surface area contributed by atoms with E-state index in [2.05, 4.69) is 48.6 Å². The maximum Gasteiger partial charge on any atom is 0.203 e. The molecule has 0 aliphatic heterocycles. The molecule has 0 spiro atoms. The van der Waals surface area contributed by atoms with Crippen LogP contribution in [0, 0.1) is 0 Å². The van der Waals surface area contributed by atoms with E-state index in [0.717, 1.165) is 30.9 Å². The molecular weight excluding hydrogens is 314 g/mol. The summed E-state index contributed by atoms with van der Waals surface area (Å²) >= 11 is 0. The average Bonchev–Trinajstić information content (AvgIpc) is 3.07. The second-order valence-electron chi connectivity index (χ2n) is 6.49. The summed E-state index contributed by atoms with van der Waals surface area (Å²) in [6.45, 7) is 3.14. The molecule has 0 bridgehead atoms. The Hall–Kier alpha value is -2.20. The van der Waals surface area contributed by atoms with Crippen LogP contribution in [-0.2, 0) is 6.42 Å². The molecule has 1 aliphatic rings. The number of fused-ring (bicyclic) bond motifs is 1. The largest absolute Gasteiger partial charge is 0.493 e. The number of hydrogen-bond acceptors (Lipinski definition) is 4. The molecular formula is C21H27NO3. The summed E-state index contributed by atoms with van der Waals surface area (Å²) in [7, 11) is 5.02. The zero-order valence-electron chi connectivity index (χ0n) is 15.5. The highest BCUT2D eigenvalue weighted by Crippen LogP contribution is 2.48. The summed E-state index contributed by atoms with van der Waals surface area (Å²) in [5, 5.41) is 3.67. The van der Waals surface area contributed by atoms with Gasteiger partial charge in [0, 0.05) is 18.2 Å². The molecule has 4 heteroatoms. The van der Waals surface area contributed by atoms with Crippen molar-refractivity contribution < 1.29 is 14.2 Å². The topological polar surface area (TPSA) is 39.7 Å². The SMILES string of the molecule is COc1cc2c(c(OC)c1OC)CC[C@@H]2CN[C@@H](C)c1ccccc1. The summed E-state index contributed by atoms with van der Waals surface area (Å²) in [4.78, 5) is 0. The predicted molar refractivity (Wildman–Crippen MR) is 100 cm³/mol. The summed E-state index contributed by atoms with van der Waals surface area (Å²) in [6.07, 6.45) is 2.11. The molecule has 25 heavy (non-hydrogen) atoms. The lowest BCUT2D eigenvalue weighted by Gasteiger charge is -2.20. The zero-order valence-corrected chi connectivity index (χ0v) is 15.5. The Kier molecular flexibility index (Phi) is 5.49. The second-order valence-corrected chi connectivity index (χ2v) is 6.49. The quantitative estimate of drug-likeness (QED) is 0.823. The van der Waals surface area contributed by atoms with Crippen molar-refractivity contribution in [2.24, 2.45) is 0 Å². The first kappa shape index (κ1) is 17.6. The van der Waals surface area contributed by atoms with Gasteiger partial charge in [-0.15, -0.1) is 0 Å². The van der Waals surface area contributed by atoms with Gasteiger partial charge in [-0.3, -0.25) is 0 Å². The molecule has 4 nitrogen and oxygen atoms in total. The molecule has 0 amide bonds. The highest BCUT2D eigenvalue weighted by Gasteiger charge is 2.30. The van der Waals surface area contributed by atoms with Gasteiger partial charge in [-0.1, -0.05) is 30.3 Å². The van der Waals surface area contributed by atoms with Crippen molar-refractivity contribution >= 4 is 0 Å². The Bertz CT molecular complexity index is 715. The van der Waals surface area contributed by atoms with Crippen molar-refractivity contribution in [1.29, 1.82) is 0 Å². The van der Waals surface area contributed by atoms with Crippen molar-refractivity contribution in [3.8, 4) is 17.2 Å². The number of hydrogen-bond donors (Lipinski definition) is 1. The Morgan fingerprint density at radius 2 is 1.76 bits per heavy atom. The molecule has 0 saturated heterocycles. The third kappa shape index (κ3) is 3.45. The fourth-order valence-corrected chi connectivity index (χ4v) is 3.72. The Morgan fingerprint density at radius 1 is 1.04 bits per heavy atom. The van der Waals surface area contributed by atoms with E-state index in [4.69, 9.17) is 14.2 Å². The number of benzene rings is 2. The highest BCUT2D eigenvalue weighted by molar-refractivity contribution is 5.61. The van der Waals surface area contributed by atoms with Gasteiger partial charge in [0.15, 0.2) is 11.5 Å². The minimum Gasteiger partial charge on any atom is -0.493 e. The Labute approximate surface area is 150 Å². The first-order valence-corrected chi connectivity index (χ1v) is 8.79. The summed E-state index contributed by atoms with van der Waals surface area (Å²) < 4.78 is 16.7. The fourth-order valence-electron chi connectivity index (χ4n) is 3.72. The monoisotopic (exact) mass is 341 g/mol. The maximum atomic E-state index is 5.64. The molecule has 1 aliphatic carbocycles. The number of nitrogens with one attached hydrogen (secondary N) is 1. The molecule has 0 fully saturated rings. The van der Waals surface area contributed by atoms with Crippen LogP contribution in [0.5, 0.6) is 17.2 Å². The van der Waals surface area contributed by atoms with E-state index in [0.29, 0.717) is 17.7 Å². The van der Waals surface area contributed by atoms with Crippen molar-refractivity contribution in [2.75, 3.05) is 27.9 Å². The third-order valence-electron chi connectivity index (χ3n) is 5.12. The lowest BCUT2D eigenvalue weighted by atomic mass is 9.99. The normalized spacial score (nSPS) is 17.0. The van der Waals surface area contributed by atoms with Gasteiger partial charge in [-0.05, 0) is 42.9 Å². The van der Waals surface area contributed by atoms with Gasteiger partial charge in [-0.2, -0.15) is 0 Å². The maximum absolute atomic E-state index is 5.64. The van der Waals surface area contributed by atoms with Gasteiger partial charge >= 0.3 is 0 Å². The van der Waals surface area contributed by atoms with E-state index in [1.54, 1.807) is 21.3 Å². The third-order valence-corrected chi connectivity index (χ3v) is 5.12. The molecule has 3 rings (SSSR count). The molecule has 2 aromatic carbocycles. The second kappa shape index (κ2) is 7.79. The molecule has 1 N–H and O–H groups in total. The van der Waals surface area contributed by atoms with Crippen molar-refractivity contribution in [3.63, 3.8) is 0 Å². The van der Waals surface area contributed by atoms with E-state index in [9.17, 15) is 0 Å². The van der Waals surface area contributed by atoms with Crippen LogP contribution < -0.4 is 19.5 Å². The lowest BCUT2D eigenvalue weighted by molar-refractivity contribution is 0.322. The Morgan fingerprint density at radius 3 is 2.40 bits per heavy atom. The van der Waals surface area contributed by atoms with Gasteiger partial charge < -0.3 is 19.5 Å².